The van der Waals surface area contributed by atoms with E-state index in [4.69, 9.17) is 9.47 Å². The van der Waals surface area contributed by atoms with Crippen molar-refractivity contribution in [2.75, 3.05) is 27.3 Å². The first-order chi connectivity index (χ1) is 10.7. The van der Waals surface area contributed by atoms with E-state index in [9.17, 15) is 4.79 Å². The average Bonchev–Trinajstić information content (AvgIpc) is 2.56. The number of halogens is 1. The van der Waals surface area contributed by atoms with Gasteiger partial charge in [-0.3, -0.25) is 0 Å². The number of hydrogen-bond donors (Lipinski definition) is 2. The number of carbonyl (C=O) groups excluding carboxylic acids is 1. The molecular weight excluding hydrogens is 409 g/mol. The van der Waals surface area contributed by atoms with Crippen LogP contribution in [0, 0.1) is 0 Å². The number of hydrogen-bond acceptors (Lipinski definition) is 4. The molecule has 0 aliphatic carbocycles. The summed E-state index contributed by atoms with van der Waals surface area (Å²) in [5, 5.41) is 6.42. The summed E-state index contributed by atoms with van der Waals surface area (Å²) in [5.41, 5.74) is 1.32. The fourth-order valence-electron chi connectivity index (χ4n) is 1.88. The van der Waals surface area contributed by atoms with Crippen molar-refractivity contribution in [2.24, 2.45) is 4.99 Å². The molecule has 0 atom stereocenters. The highest BCUT2D eigenvalue weighted by molar-refractivity contribution is 14.0. The molecule has 0 saturated heterocycles. The molecule has 0 radical (unpaired) electrons. The largest absolute Gasteiger partial charge is 0.496 e. The summed E-state index contributed by atoms with van der Waals surface area (Å²) in [4.78, 5) is 16.3. The van der Waals surface area contributed by atoms with Gasteiger partial charge in [0.1, 0.15) is 11.3 Å². The second kappa shape index (κ2) is 12.0. The van der Waals surface area contributed by atoms with Gasteiger partial charge >= 0.3 is 5.97 Å². The normalized spacial score (nSPS) is 10.5. The molecule has 0 unspecified atom stereocenters. The van der Waals surface area contributed by atoms with Gasteiger partial charge in [0, 0.05) is 13.1 Å². The Morgan fingerprint density at radius 3 is 2.52 bits per heavy atom. The van der Waals surface area contributed by atoms with Crippen molar-refractivity contribution >= 4 is 35.9 Å². The molecule has 0 aromatic heterocycles. The molecule has 6 nitrogen and oxygen atoms in total. The lowest BCUT2D eigenvalue weighted by Crippen LogP contribution is -2.37. The number of esters is 1. The summed E-state index contributed by atoms with van der Waals surface area (Å²) in [6, 6.07) is 5.39. The number of guanidine groups is 1. The van der Waals surface area contributed by atoms with Crippen molar-refractivity contribution in [1.82, 2.24) is 10.6 Å². The lowest BCUT2D eigenvalue weighted by molar-refractivity contribution is 0.0597. The van der Waals surface area contributed by atoms with E-state index in [0.29, 0.717) is 17.9 Å². The predicted octanol–water partition coefficient (Wildman–Crippen LogP) is 2.56. The third-order valence-electron chi connectivity index (χ3n) is 2.98. The fraction of sp³-hybridized carbons (Fsp3) is 0.500. The highest BCUT2D eigenvalue weighted by atomic mass is 127. The Hall–Kier alpha value is -1.51. The van der Waals surface area contributed by atoms with Crippen LogP contribution in [0.4, 0.5) is 0 Å². The fourth-order valence-corrected chi connectivity index (χ4v) is 1.88. The third-order valence-corrected chi connectivity index (χ3v) is 2.98. The van der Waals surface area contributed by atoms with Gasteiger partial charge in [-0.2, -0.15) is 0 Å². The minimum atomic E-state index is -0.418. The summed E-state index contributed by atoms with van der Waals surface area (Å²) < 4.78 is 9.95. The van der Waals surface area contributed by atoms with Gasteiger partial charge in [0.25, 0.3) is 0 Å². The van der Waals surface area contributed by atoms with E-state index in [1.807, 2.05) is 13.0 Å². The summed E-state index contributed by atoms with van der Waals surface area (Å²) in [7, 11) is 2.88. The van der Waals surface area contributed by atoms with Gasteiger partial charge in [-0.15, -0.1) is 24.0 Å². The molecule has 0 aliphatic heterocycles. The maximum Gasteiger partial charge on any atom is 0.341 e. The molecule has 1 aromatic carbocycles. The topological polar surface area (TPSA) is 72.0 Å². The Labute approximate surface area is 155 Å². The first-order valence-corrected chi connectivity index (χ1v) is 7.43. The molecule has 7 heteroatoms. The van der Waals surface area contributed by atoms with Crippen LogP contribution in [-0.2, 0) is 11.3 Å². The number of methoxy groups -OCH3 is 2. The number of carbonyl (C=O) groups is 1. The number of nitrogens with zero attached hydrogens (tertiary/aromatic N) is 1. The smallest absolute Gasteiger partial charge is 0.341 e. The van der Waals surface area contributed by atoms with Gasteiger partial charge in [-0.1, -0.05) is 13.0 Å². The highest BCUT2D eigenvalue weighted by Crippen LogP contribution is 2.21. The summed E-state index contributed by atoms with van der Waals surface area (Å²) >= 11 is 0. The van der Waals surface area contributed by atoms with Gasteiger partial charge in [0.15, 0.2) is 5.96 Å². The van der Waals surface area contributed by atoms with Crippen LogP contribution in [0.1, 0.15) is 36.2 Å². The molecule has 0 spiro atoms. The summed E-state index contributed by atoms with van der Waals surface area (Å²) in [6.45, 7) is 6.25. The molecule has 1 rings (SSSR count). The van der Waals surface area contributed by atoms with E-state index < -0.39 is 5.97 Å². The van der Waals surface area contributed by atoms with E-state index in [1.54, 1.807) is 12.1 Å². The van der Waals surface area contributed by atoms with Crippen molar-refractivity contribution in [3.63, 3.8) is 0 Å². The number of benzene rings is 1. The van der Waals surface area contributed by atoms with Crippen LogP contribution in [0.5, 0.6) is 5.75 Å². The minimum Gasteiger partial charge on any atom is -0.496 e. The van der Waals surface area contributed by atoms with Gasteiger partial charge in [-0.25, -0.2) is 9.79 Å². The zero-order chi connectivity index (χ0) is 16.4. The van der Waals surface area contributed by atoms with Crippen LogP contribution in [0.3, 0.4) is 0 Å². The zero-order valence-corrected chi connectivity index (χ0v) is 16.5. The number of nitrogens with one attached hydrogen (secondary N) is 2. The third kappa shape index (κ3) is 7.06. The van der Waals surface area contributed by atoms with Crippen molar-refractivity contribution in [3.8, 4) is 5.75 Å². The second-order valence-corrected chi connectivity index (χ2v) is 4.65. The molecule has 0 fully saturated rings. The van der Waals surface area contributed by atoms with E-state index in [1.165, 1.54) is 14.2 Å². The first-order valence-electron chi connectivity index (χ1n) is 7.43. The van der Waals surface area contributed by atoms with Crippen LogP contribution in [-0.4, -0.2) is 39.2 Å². The minimum absolute atomic E-state index is 0. The average molecular weight is 435 g/mol. The Morgan fingerprint density at radius 1 is 1.22 bits per heavy atom. The van der Waals surface area contributed by atoms with Crippen LogP contribution in [0.2, 0.25) is 0 Å². The van der Waals surface area contributed by atoms with Crippen molar-refractivity contribution in [1.29, 1.82) is 0 Å². The van der Waals surface area contributed by atoms with Crippen LogP contribution in [0.25, 0.3) is 0 Å². The Balaban J connectivity index is 0.00000484. The molecule has 0 saturated carbocycles. The van der Waals surface area contributed by atoms with E-state index in [2.05, 4.69) is 22.5 Å². The van der Waals surface area contributed by atoms with Crippen molar-refractivity contribution in [2.45, 2.75) is 26.8 Å². The number of ether oxygens (including phenoxy) is 2. The number of aliphatic imine (C=N–C) groups is 1. The zero-order valence-electron chi connectivity index (χ0n) is 14.1. The van der Waals surface area contributed by atoms with Gasteiger partial charge in [0.05, 0.1) is 20.8 Å². The molecule has 0 bridgehead atoms. The first kappa shape index (κ1) is 21.5. The maximum absolute atomic E-state index is 11.8. The molecular formula is C16H26IN3O3. The molecule has 130 valence electrons. The molecule has 23 heavy (non-hydrogen) atoms. The summed E-state index contributed by atoms with van der Waals surface area (Å²) in [6.07, 6.45) is 1.03. The number of rotatable bonds is 7. The quantitative estimate of drug-likeness (QED) is 0.298. The molecule has 0 amide bonds. The molecule has 0 aliphatic rings. The molecule has 2 N–H and O–H groups in total. The Morgan fingerprint density at radius 2 is 1.96 bits per heavy atom. The van der Waals surface area contributed by atoms with E-state index in [0.717, 1.165) is 31.0 Å². The van der Waals surface area contributed by atoms with E-state index in [-0.39, 0.29) is 24.0 Å². The highest BCUT2D eigenvalue weighted by Gasteiger charge is 2.13. The standard InChI is InChI=1S/C16H25N3O3.HI/c1-5-9-18-16(17-6-2)19-11-12-7-8-14(21-3)13(10-12)15(20)22-4;/h7-8,10H,5-6,9,11H2,1-4H3,(H2,17,18,19);1H. The van der Waals surface area contributed by atoms with Gasteiger partial charge < -0.3 is 20.1 Å². The molecule has 0 heterocycles. The van der Waals surface area contributed by atoms with Crippen LogP contribution in [0.15, 0.2) is 23.2 Å². The van der Waals surface area contributed by atoms with Gasteiger partial charge in [0.2, 0.25) is 0 Å². The monoisotopic (exact) mass is 435 g/mol. The summed E-state index contributed by atoms with van der Waals surface area (Å²) in [5.74, 6) is 0.842. The maximum atomic E-state index is 11.8. The lowest BCUT2D eigenvalue weighted by Gasteiger charge is -2.11. The second-order valence-electron chi connectivity index (χ2n) is 4.65. The SMILES string of the molecule is CCCNC(=NCc1ccc(OC)c(C(=O)OC)c1)NCC.I. The van der Waals surface area contributed by atoms with Crippen LogP contribution < -0.4 is 15.4 Å². The predicted molar refractivity (Wildman–Crippen MR) is 103 cm³/mol. The van der Waals surface area contributed by atoms with Crippen molar-refractivity contribution in [3.05, 3.63) is 29.3 Å². The Kier molecular flexibility index (Phi) is 11.2. The van der Waals surface area contributed by atoms with E-state index >= 15 is 0 Å². The van der Waals surface area contributed by atoms with Gasteiger partial charge in [-0.05, 0) is 31.0 Å². The van der Waals surface area contributed by atoms with Crippen LogP contribution >= 0.6 is 24.0 Å². The Bertz CT molecular complexity index is 521. The molecule has 1 aromatic rings. The van der Waals surface area contributed by atoms with Crippen molar-refractivity contribution < 1.29 is 14.3 Å². The lowest BCUT2D eigenvalue weighted by atomic mass is 10.1.